The molecule has 0 bridgehead atoms. The van der Waals surface area contributed by atoms with Crippen molar-refractivity contribution < 1.29 is 0 Å². The highest BCUT2D eigenvalue weighted by Gasteiger charge is 2.10. The zero-order chi connectivity index (χ0) is 15.8. The lowest BCUT2D eigenvalue weighted by atomic mass is 9.99. The van der Waals surface area contributed by atoms with Crippen molar-refractivity contribution in [2.45, 2.75) is 116 Å². The van der Waals surface area contributed by atoms with Crippen molar-refractivity contribution in [3.8, 4) is 0 Å². The Morgan fingerprint density at radius 2 is 0.864 bits per heavy atom. The predicted octanol–water partition coefficient (Wildman–Crippen LogP) is 7.39. The van der Waals surface area contributed by atoms with Crippen molar-refractivity contribution in [1.29, 1.82) is 0 Å². The SMILES string of the molecule is Br.CCCCCCCCCC(CCCCCCCC)N(C)C. The van der Waals surface area contributed by atoms with E-state index in [1.807, 2.05) is 0 Å². The second kappa shape index (κ2) is 19.5. The third kappa shape index (κ3) is 16.8. The molecular weight excluding hydrogens is 334 g/mol. The highest BCUT2D eigenvalue weighted by atomic mass is 79.9. The lowest BCUT2D eigenvalue weighted by Crippen LogP contribution is -2.27. The van der Waals surface area contributed by atoms with Crippen LogP contribution in [0.1, 0.15) is 110 Å². The van der Waals surface area contributed by atoms with Crippen LogP contribution in [0.15, 0.2) is 0 Å². The lowest BCUT2D eigenvalue weighted by molar-refractivity contribution is 0.251. The Morgan fingerprint density at radius 3 is 1.18 bits per heavy atom. The van der Waals surface area contributed by atoms with Gasteiger partial charge in [0, 0.05) is 6.04 Å². The van der Waals surface area contributed by atoms with Gasteiger partial charge in [0.15, 0.2) is 0 Å². The van der Waals surface area contributed by atoms with Crippen molar-refractivity contribution in [3.05, 3.63) is 0 Å². The van der Waals surface area contributed by atoms with Gasteiger partial charge >= 0.3 is 0 Å². The monoisotopic (exact) mass is 377 g/mol. The summed E-state index contributed by atoms with van der Waals surface area (Å²) in [6, 6.07) is 0.826. The van der Waals surface area contributed by atoms with Gasteiger partial charge < -0.3 is 4.90 Å². The fraction of sp³-hybridized carbons (Fsp3) is 1.00. The van der Waals surface area contributed by atoms with Crippen molar-refractivity contribution in [1.82, 2.24) is 4.90 Å². The van der Waals surface area contributed by atoms with Gasteiger partial charge in [0.1, 0.15) is 0 Å². The molecule has 0 aromatic carbocycles. The maximum atomic E-state index is 2.46. The molecule has 0 N–H and O–H groups in total. The predicted molar refractivity (Wildman–Crippen MR) is 108 cm³/mol. The van der Waals surface area contributed by atoms with Crippen molar-refractivity contribution >= 4 is 17.0 Å². The lowest BCUT2D eigenvalue weighted by Gasteiger charge is -2.24. The number of hydrogen-bond acceptors (Lipinski definition) is 1. The fourth-order valence-electron chi connectivity index (χ4n) is 3.16. The third-order valence-corrected chi connectivity index (χ3v) is 4.76. The highest BCUT2D eigenvalue weighted by molar-refractivity contribution is 8.93. The van der Waals surface area contributed by atoms with Crippen LogP contribution in [0.4, 0.5) is 0 Å². The Morgan fingerprint density at radius 1 is 0.545 bits per heavy atom. The molecule has 0 aliphatic carbocycles. The highest BCUT2D eigenvalue weighted by Crippen LogP contribution is 2.17. The molecule has 136 valence electrons. The zero-order valence-corrected chi connectivity index (χ0v) is 17.8. The molecule has 1 atom stereocenters. The summed E-state index contributed by atoms with van der Waals surface area (Å²) in [5, 5.41) is 0. The Bertz CT molecular complexity index is 194. The van der Waals surface area contributed by atoms with Gasteiger partial charge in [0.2, 0.25) is 0 Å². The summed E-state index contributed by atoms with van der Waals surface area (Å²) in [5.41, 5.74) is 0. The van der Waals surface area contributed by atoms with Crippen LogP contribution in [0.25, 0.3) is 0 Å². The van der Waals surface area contributed by atoms with E-state index in [0.717, 1.165) is 6.04 Å². The standard InChI is InChI=1S/C20H43N.BrH/c1-5-7-9-11-13-15-17-19-20(21(3)4)18-16-14-12-10-8-6-2;/h20H,5-19H2,1-4H3;1H. The molecular formula is C20H44BrN. The smallest absolute Gasteiger partial charge is 0.00891 e. The van der Waals surface area contributed by atoms with E-state index < -0.39 is 0 Å². The summed E-state index contributed by atoms with van der Waals surface area (Å²) in [6.07, 6.45) is 21.4. The molecule has 0 rings (SSSR count). The summed E-state index contributed by atoms with van der Waals surface area (Å²) < 4.78 is 0. The van der Waals surface area contributed by atoms with E-state index >= 15 is 0 Å². The first-order valence-corrected chi connectivity index (χ1v) is 9.88. The molecule has 0 amide bonds. The average molecular weight is 378 g/mol. The third-order valence-electron chi connectivity index (χ3n) is 4.76. The summed E-state index contributed by atoms with van der Waals surface area (Å²) in [6.45, 7) is 4.59. The molecule has 22 heavy (non-hydrogen) atoms. The number of rotatable bonds is 16. The summed E-state index contributed by atoms with van der Waals surface area (Å²) >= 11 is 0. The van der Waals surface area contributed by atoms with Gasteiger partial charge in [-0.05, 0) is 26.9 Å². The maximum absolute atomic E-state index is 2.46. The normalized spacial score (nSPS) is 12.4. The molecule has 0 spiro atoms. The van der Waals surface area contributed by atoms with Gasteiger partial charge in [-0.15, -0.1) is 17.0 Å². The number of hydrogen-bond donors (Lipinski definition) is 0. The van der Waals surface area contributed by atoms with Crippen LogP contribution in [0, 0.1) is 0 Å². The number of halogens is 1. The molecule has 1 unspecified atom stereocenters. The number of unbranched alkanes of at least 4 members (excludes halogenated alkanes) is 11. The minimum absolute atomic E-state index is 0. The first-order chi connectivity index (χ1) is 10.2. The maximum Gasteiger partial charge on any atom is 0.00891 e. The molecule has 2 heteroatoms. The second-order valence-electron chi connectivity index (χ2n) is 7.08. The van der Waals surface area contributed by atoms with E-state index in [0.29, 0.717) is 0 Å². The molecule has 1 nitrogen and oxygen atoms in total. The van der Waals surface area contributed by atoms with Crippen LogP contribution in [-0.4, -0.2) is 25.0 Å². The molecule has 0 aromatic heterocycles. The second-order valence-corrected chi connectivity index (χ2v) is 7.08. The van der Waals surface area contributed by atoms with E-state index in [-0.39, 0.29) is 17.0 Å². The summed E-state index contributed by atoms with van der Waals surface area (Å²) in [4.78, 5) is 2.46. The van der Waals surface area contributed by atoms with E-state index in [4.69, 9.17) is 0 Å². The van der Waals surface area contributed by atoms with Crippen LogP contribution >= 0.6 is 17.0 Å². The van der Waals surface area contributed by atoms with E-state index in [1.165, 1.54) is 96.3 Å². The fourth-order valence-corrected chi connectivity index (χ4v) is 3.16. The molecule has 0 aliphatic rings. The first-order valence-electron chi connectivity index (χ1n) is 9.88. The van der Waals surface area contributed by atoms with Crippen LogP contribution in [0.3, 0.4) is 0 Å². The van der Waals surface area contributed by atoms with Crippen molar-refractivity contribution in [2.24, 2.45) is 0 Å². The van der Waals surface area contributed by atoms with Crippen LogP contribution in [-0.2, 0) is 0 Å². The van der Waals surface area contributed by atoms with Gasteiger partial charge in [-0.1, -0.05) is 97.3 Å². The van der Waals surface area contributed by atoms with Gasteiger partial charge in [0.25, 0.3) is 0 Å². The Hall–Kier alpha value is 0.440. The molecule has 0 fully saturated rings. The topological polar surface area (TPSA) is 3.24 Å². The molecule has 0 saturated carbocycles. The number of nitrogens with zero attached hydrogens (tertiary/aromatic N) is 1. The van der Waals surface area contributed by atoms with Gasteiger partial charge in [-0.25, -0.2) is 0 Å². The summed E-state index contributed by atoms with van der Waals surface area (Å²) in [5.74, 6) is 0. The van der Waals surface area contributed by atoms with Crippen LogP contribution in [0.2, 0.25) is 0 Å². The van der Waals surface area contributed by atoms with Crippen molar-refractivity contribution in [2.75, 3.05) is 14.1 Å². The molecule has 0 aromatic rings. The average Bonchev–Trinajstić information content (AvgIpc) is 2.47. The molecule has 0 saturated heterocycles. The Balaban J connectivity index is 0. The van der Waals surface area contributed by atoms with E-state index in [9.17, 15) is 0 Å². The molecule has 0 radical (unpaired) electrons. The molecule has 0 heterocycles. The van der Waals surface area contributed by atoms with Crippen LogP contribution in [0.5, 0.6) is 0 Å². The Kier molecular flexibility index (Phi) is 21.9. The van der Waals surface area contributed by atoms with Gasteiger partial charge in [-0.2, -0.15) is 0 Å². The minimum Gasteiger partial charge on any atom is -0.306 e. The quantitative estimate of drug-likeness (QED) is 0.253. The molecule has 0 aliphatic heterocycles. The first kappa shape index (κ1) is 24.7. The largest absolute Gasteiger partial charge is 0.306 e. The Labute approximate surface area is 152 Å². The van der Waals surface area contributed by atoms with Gasteiger partial charge in [0.05, 0.1) is 0 Å². The van der Waals surface area contributed by atoms with E-state index in [1.54, 1.807) is 0 Å². The minimum atomic E-state index is 0. The summed E-state index contributed by atoms with van der Waals surface area (Å²) in [7, 11) is 4.53. The zero-order valence-electron chi connectivity index (χ0n) is 16.0. The van der Waals surface area contributed by atoms with E-state index in [2.05, 4.69) is 32.8 Å². The van der Waals surface area contributed by atoms with Gasteiger partial charge in [-0.3, -0.25) is 0 Å². The van der Waals surface area contributed by atoms with Crippen molar-refractivity contribution in [3.63, 3.8) is 0 Å². The van der Waals surface area contributed by atoms with Crippen LogP contribution < -0.4 is 0 Å².